The number of amides is 1. The zero-order valence-electron chi connectivity index (χ0n) is 11.7. The van der Waals surface area contributed by atoms with Crippen molar-refractivity contribution >= 4 is 5.91 Å². The van der Waals surface area contributed by atoms with E-state index in [2.05, 4.69) is 10.2 Å². The molecule has 5 nitrogen and oxygen atoms in total. The van der Waals surface area contributed by atoms with Crippen LogP contribution in [-0.4, -0.2) is 73.7 Å². The van der Waals surface area contributed by atoms with E-state index in [1.54, 1.807) is 0 Å². The molecule has 0 aromatic carbocycles. The van der Waals surface area contributed by atoms with E-state index >= 15 is 0 Å². The van der Waals surface area contributed by atoms with E-state index in [-0.39, 0.29) is 18.1 Å². The molecule has 0 aliphatic carbocycles. The van der Waals surface area contributed by atoms with E-state index in [0.29, 0.717) is 12.6 Å². The van der Waals surface area contributed by atoms with Gasteiger partial charge in [0, 0.05) is 25.7 Å². The van der Waals surface area contributed by atoms with E-state index in [1.165, 1.54) is 0 Å². The minimum Gasteiger partial charge on any atom is -0.372 e. The number of rotatable bonds is 3. The van der Waals surface area contributed by atoms with Crippen LogP contribution in [0.5, 0.6) is 0 Å². The third kappa shape index (κ3) is 3.43. The molecule has 0 aromatic rings. The summed E-state index contributed by atoms with van der Waals surface area (Å²) in [6.07, 6.45) is 1.44. The predicted molar refractivity (Wildman–Crippen MR) is 70.5 cm³/mol. The number of morpholine rings is 1. The first-order chi connectivity index (χ1) is 8.56. The van der Waals surface area contributed by atoms with Crippen LogP contribution in [0.4, 0.5) is 0 Å². The largest absolute Gasteiger partial charge is 0.372 e. The van der Waals surface area contributed by atoms with Crippen molar-refractivity contribution < 1.29 is 9.53 Å². The van der Waals surface area contributed by atoms with Crippen molar-refractivity contribution in [1.29, 1.82) is 0 Å². The molecule has 1 N–H and O–H groups in total. The van der Waals surface area contributed by atoms with Crippen molar-refractivity contribution in [3.8, 4) is 0 Å². The number of nitrogens with zero attached hydrogens (tertiary/aromatic N) is 2. The maximum atomic E-state index is 12.3. The highest BCUT2D eigenvalue weighted by Gasteiger charge is 2.28. The Hall–Kier alpha value is -0.650. The third-order valence-corrected chi connectivity index (χ3v) is 3.81. The van der Waals surface area contributed by atoms with Gasteiger partial charge < -0.3 is 15.0 Å². The summed E-state index contributed by atoms with van der Waals surface area (Å²) in [6.45, 7) is 8.08. The summed E-state index contributed by atoms with van der Waals surface area (Å²) in [5.41, 5.74) is 0. The van der Waals surface area contributed by atoms with Gasteiger partial charge in [-0.2, -0.15) is 0 Å². The first kappa shape index (κ1) is 13.8. The van der Waals surface area contributed by atoms with Crippen molar-refractivity contribution in [2.24, 2.45) is 0 Å². The molecule has 2 saturated heterocycles. The SMILES string of the molecule is CC1CN(C(=O)CN(C)C2CCNC2)CC(C)O1. The topological polar surface area (TPSA) is 44.8 Å². The summed E-state index contributed by atoms with van der Waals surface area (Å²) in [4.78, 5) is 16.4. The van der Waals surface area contributed by atoms with Crippen molar-refractivity contribution in [1.82, 2.24) is 15.1 Å². The van der Waals surface area contributed by atoms with Crippen LogP contribution in [-0.2, 0) is 9.53 Å². The molecule has 2 fully saturated rings. The summed E-state index contributed by atoms with van der Waals surface area (Å²) in [6, 6.07) is 0.504. The van der Waals surface area contributed by atoms with Crippen LogP contribution in [0.3, 0.4) is 0 Å². The Balaban J connectivity index is 1.83. The van der Waals surface area contributed by atoms with Gasteiger partial charge in [-0.3, -0.25) is 9.69 Å². The molecule has 2 heterocycles. The van der Waals surface area contributed by atoms with Gasteiger partial charge in [0.15, 0.2) is 0 Å². The number of nitrogens with one attached hydrogen (secondary N) is 1. The van der Waals surface area contributed by atoms with Crippen molar-refractivity contribution in [3.05, 3.63) is 0 Å². The van der Waals surface area contributed by atoms with Gasteiger partial charge in [-0.25, -0.2) is 0 Å². The predicted octanol–water partition coefficient (Wildman–Crippen LogP) is -0.0841. The Labute approximate surface area is 109 Å². The number of likely N-dealkylation sites (N-methyl/N-ethyl adjacent to an activating group) is 1. The minimum absolute atomic E-state index is 0.149. The zero-order chi connectivity index (χ0) is 13.1. The van der Waals surface area contributed by atoms with Gasteiger partial charge in [0.1, 0.15) is 0 Å². The van der Waals surface area contributed by atoms with E-state index in [9.17, 15) is 4.79 Å². The lowest BCUT2D eigenvalue weighted by atomic mass is 10.2. The smallest absolute Gasteiger partial charge is 0.236 e. The fraction of sp³-hybridized carbons (Fsp3) is 0.923. The lowest BCUT2D eigenvalue weighted by Gasteiger charge is -2.36. The fourth-order valence-electron chi connectivity index (χ4n) is 2.84. The molecule has 0 aromatic heterocycles. The molecule has 3 unspecified atom stereocenters. The molecule has 2 aliphatic heterocycles. The van der Waals surface area contributed by atoms with E-state index in [1.807, 2.05) is 25.8 Å². The molecule has 0 bridgehead atoms. The number of hydrogen-bond acceptors (Lipinski definition) is 4. The number of ether oxygens (including phenoxy) is 1. The quantitative estimate of drug-likeness (QED) is 0.766. The van der Waals surface area contributed by atoms with Crippen LogP contribution in [0.1, 0.15) is 20.3 Å². The Bertz CT molecular complexity index is 282. The van der Waals surface area contributed by atoms with Gasteiger partial charge >= 0.3 is 0 Å². The molecule has 18 heavy (non-hydrogen) atoms. The van der Waals surface area contributed by atoms with Gasteiger partial charge in [0.25, 0.3) is 0 Å². The molecule has 3 atom stereocenters. The molecular formula is C13H25N3O2. The molecule has 104 valence electrons. The van der Waals surface area contributed by atoms with Crippen LogP contribution < -0.4 is 5.32 Å². The number of hydrogen-bond donors (Lipinski definition) is 1. The van der Waals surface area contributed by atoms with Gasteiger partial charge in [0.2, 0.25) is 5.91 Å². The van der Waals surface area contributed by atoms with E-state index in [4.69, 9.17) is 4.74 Å². The molecule has 0 radical (unpaired) electrons. The fourth-order valence-corrected chi connectivity index (χ4v) is 2.84. The summed E-state index contributed by atoms with van der Waals surface area (Å²) < 4.78 is 5.65. The highest BCUT2D eigenvalue weighted by molar-refractivity contribution is 5.78. The van der Waals surface area contributed by atoms with Crippen LogP contribution >= 0.6 is 0 Å². The minimum atomic E-state index is 0.149. The first-order valence-corrected chi connectivity index (χ1v) is 6.90. The third-order valence-electron chi connectivity index (χ3n) is 3.81. The van der Waals surface area contributed by atoms with Gasteiger partial charge in [0.05, 0.1) is 18.8 Å². The van der Waals surface area contributed by atoms with E-state index < -0.39 is 0 Å². The zero-order valence-corrected chi connectivity index (χ0v) is 11.7. The molecule has 2 aliphatic rings. The molecule has 5 heteroatoms. The van der Waals surface area contributed by atoms with Crippen molar-refractivity contribution in [2.45, 2.75) is 38.5 Å². The molecule has 0 spiro atoms. The lowest BCUT2D eigenvalue weighted by molar-refractivity contribution is -0.144. The molecule has 2 rings (SSSR count). The average molecular weight is 255 g/mol. The maximum absolute atomic E-state index is 12.3. The summed E-state index contributed by atoms with van der Waals surface area (Å²) in [5.74, 6) is 0.228. The monoisotopic (exact) mass is 255 g/mol. The van der Waals surface area contributed by atoms with Gasteiger partial charge in [-0.15, -0.1) is 0 Å². The number of carbonyl (C=O) groups is 1. The lowest BCUT2D eigenvalue weighted by Crippen LogP contribution is -2.51. The Morgan fingerprint density at radius 2 is 2.06 bits per heavy atom. The second-order valence-electron chi connectivity index (χ2n) is 5.62. The van der Waals surface area contributed by atoms with Crippen LogP contribution in [0.15, 0.2) is 0 Å². The summed E-state index contributed by atoms with van der Waals surface area (Å²) in [7, 11) is 2.04. The highest BCUT2D eigenvalue weighted by atomic mass is 16.5. The number of carbonyl (C=O) groups excluding carboxylic acids is 1. The molecule has 0 saturated carbocycles. The Morgan fingerprint density at radius 1 is 1.39 bits per heavy atom. The average Bonchev–Trinajstić information content (AvgIpc) is 2.80. The first-order valence-electron chi connectivity index (χ1n) is 6.90. The molecule has 1 amide bonds. The summed E-state index contributed by atoms with van der Waals surface area (Å²) >= 11 is 0. The Kier molecular flexibility index (Phi) is 4.59. The van der Waals surface area contributed by atoms with Gasteiger partial charge in [-0.1, -0.05) is 0 Å². The standard InChI is InChI=1S/C13H25N3O2/c1-10-7-16(8-11(2)18-10)13(17)9-15(3)12-4-5-14-6-12/h10-12,14H,4-9H2,1-3H3. The highest BCUT2D eigenvalue weighted by Crippen LogP contribution is 2.12. The molecular weight excluding hydrogens is 230 g/mol. The second kappa shape index (κ2) is 5.99. The van der Waals surface area contributed by atoms with Crippen LogP contribution in [0, 0.1) is 0 Å². The maximum Gasteiger partial charge on any atom is 0.236 e. The van der Waals surface area contributed by atoms with Crippen LogP contribution in [0.2, 0.25) is 0 Å². The summed E-state index contributed by atoms with van der Waals surface area (Å²) in [5, 5.41) is 3.33. The normalized spacial score (nSPS) is 33.1. The van der Waals surface area contributed by atoms with Gasteiger partial charge in [-0.05, 0) is 33.9 Å². The second-order valence-corrected chi connectivity index (χ2v) is 5.62. The van der Waals surface area contributed by atoms with Crippen molar-refractivity contribution in [2.75, 3.05) is 39.8 Å². The Morgan fingerprint density at radius 3 is 2.61 bits per heavy atom. The van der Waals surface area contributed by atoms with E-state index in [0.717, 1.165) is 32.6 Å². The van der Waals surface area contributed by atoms with Crippen LogP contribution in [0.25, 0.3) is 0 Å². The van der Waals surface area contributed by atoms with Crippen molar-refractivity contribution in [3.63, 3.8) is 0 Å².